The first kappa shape index (κ1) is 18.8. The fourth-order valence-corrected chi connectivity index (χ4v) is 3.95. The quantitative estimate of drug-likeness (QED) is 0.652. The summed E-state index contributed by atoms with van der Waals surface area (Å²) in [5.41, 5.74) is 1.98. The van der Waals surface area contributed by atoms with Crippen LogP contribution in [0.3, 0.4) is 0 Å². The Balaban J connectivity index is 1.41. The first-order valence-electron chi connectivity index (χ1n) is 9.97. The molecule has 3 aromatic heterocycles. The molecule has 0 aliphatic carbocycles. The Hall–Kier alpha value is -3.20. The number of ether oxygens (including phenoxy) is 1. The number of anilines is 2. The average Bonchev–Trinajstić information content (AvgIpc) is 2.73. The van der Waals surface area contributed by atoms with Crippen LogP contribution in [-0.2, 0) is 11.2 Å². The van der Waals surface area contributed by atoms with E-state index in [4.69, 9.17) is 9.72 Å². The summed E-state index contributed by atoms with van der Waals surface area (Å²) in [6, 6.07) is 4.71. The van der Waals surface area contributed by atoms with Crippen molar-refractivity contribution in [3.63, 3.8) is 0 Å². The van der Waals surface area contributed by atoms with Crippen LogP contribution < -0.4 is 9.80 Å². The molecule has 1 saturated heterocycles. The van der Waals surface area contributed by atoms with Gasteiger partial charge in [-0.05, 0) is 13.0 Å². The minimum atomic E-state index is -0.290. The van der Waals surface area contributed by atoms with Crippen LogP contribution in [0.1, 0.15) is 24.2 Å². The van der Waals surface area contributed by atoms with Gasteiger partial charge in [-0.25, -0.2) is 29.3 Å². The molecular formula is C21H22FN7O. The molecule has 1 unspecified atom stereocenters. The van der Waals surface area contributed by atoms with Gasteiger partial charge in [0.25, 0.3) is 0 Å². The summed E-state index contributed by atoms with van der Waals surface area (Å²) in [5, 5.41) is 0. The van der Waals surface area contributed by atoms with Crippen molar-refractivity contribution in [2.24, 2.45) is 0 Å². The molecule has 5 heterocycles. The van der Waals surface area contributed by atoms with Crippen molar-refractivity contribution in [1.82, 2.24) is 24.9 Å². The van der Waals surface area contributed by atoms with Gasteiger partial charge in [-0.3, -0.25) is 0 Å². The van der Waals surface area contributed by atoms with Crippen molar-refractivity contribution in [1.29, 1.82) is 0 Å². The molecule has 9 heteroatoms. The van der Waals surface area contributed by atoms with Gasteiger partial charge in [-0.2, -0.15) is 0 Å². The molecule has 0 saturated carbocycles. The minimum Gasteiger partial charge on any atom is -0.378 e. The van der Waals surface area contributed by atoms with Gasteiger partial charge in [0.05, 0.1) is 17.8 Å². The van der Waals surface area contributed by atoms with Gasteiger partial charge in [0.15, 0.2) is 11.6 Å². The van der Waals surface area contributed by atoms with E-state index in [0.29, 0.717) is 36.3 Å². The zero-order valence-electron chi connectivity index (χ0n) is 16.9. The molecule has 2 aliphatic rings. The van der Waals surface area contributed by atoms with Crippen LogP contribution in [0, 0.1) is 5.82 Å². The van der Waals surface area contributed by atoms with Crippen molar-refractivity contribution in [2.75, 3.05) is 36.5 Å². The topological polar surface area (TPSA) is 80.2 Å². The number of aromatic nitrogens is 5. The molecule has 5 rings (SSSR count). The number of pyridine rings is 1. The lowest BCUT2D eigenvalue weighted by atomic mass is 9.99. The Morgan fingerprint density at radius 1 is 1.03 bits per heavy atom. The SMILES string of the molecule is COC1CN(c2cc(F)cc(N3CCc4nc(-c5ncccn5)ncc4C3C)n2)C1. The Morgan fingerprint density at radius 2 is 1.80 bits per heavy atom. The lowest BCUT2D eigenvalue weighted by Gasteiger charge is -2.40. The second-order valence-electron chi connectivity index (χ2n) is 7.55. The zero-order chi connectivity index (χ0) is 20.7. The van der Waals surface area contributed by atoms with Crippen molar-refractivity contribution in [3.05, 3.63) is 53.9 Å². The highest BCUT2D eigenvalue weighted by atomic mass is 19.1. The summed E-state index contributed by atoms with van der Waals surface area (Å²) in [6.07, 6.45) is 6.07. The molecule has 154 valence electrons. The highest BCUT2D eigenvalue weighted by Crippen LogP contribution is 2.34. The van der Waals surface area contributed by atoms with Crippen molar-refractivity contribution in [3.8, 4) is 11.6 Å². The monoisotopic (exact) mass is 407 g/mol. The fraction of sp³-hybridized carbons (Fsp3) is 0.381. The van der Waals surface area contributed by atoms with Crippen LogP contribution in [0.4, 0.5) is 16.0 Å². The van der Waals surface area contributed by atoms with Crippen LogP contribution in [0.2, 0.25) is 0 Å². The largest absolute Gasteiger partial charge is 0.378 e. The smallest absolute Gasteiger partial charge is 0.197 e. The summed E-state index contributed by atoms with van der Waals surface area (Å²) in [4.78, 5) is 26.5. The van der Waals surface area contributed by atoms with Gasteiger partial charge in [-0.15, -0.1) is 0 Å². The predicted molar refractivity (Wildman–Crippen MR) is 110 cm³/mol. The molecule has 0 aromatic carbocycles. The third-order valence-electron chi connectivity index (χ3n) is 5.74. The molecule has 0 N–H and O–H groups in total. The standard InChI is InChI=1S/C21H22FN7O/c1-13-16-10-25-21(20-23-5-3-6-24-20)26-17(16)4-7-29(13)19-9-14(22)8-18(27-19)28-11-15(12-28)30-2/h3,5-6,8-10,13,15H,4,7,11-12H2,1-2H3. The molecule has 0 radical (unpaired) electrons. The highest BCUT2D eigenvalue weighted by Gasteiger charge is 2.31. The third kappa shape index (κ3) is 3.35. The van der Waals surface area contributed by atoms with Crippen LogP contribution in [0.25, 0.3) is 11.6 Å². The molecule has 0 amide bonds. The molecule has 0 spiro atoms. The molecule has 1 atom stereocenters. The first-order chi connectivity index (χ1) is 14.6. The molecule has 8 nitrogen and oxygen atoms in total. The summed E-state index contributed by atoms with van der Waals surface area (Å²) in [7, 11) is 1.69. The maximum absolute atomic E-state index is 14.4. The molecule has 0 bridgehead atoms. The molecule has 1 fully saturated rings. The van der Waals surface area contributed by atoms with Gasteiger partial charge in [-0.1, -0.05) is 0 Å². The lowest BCUT2D eigenvalue weighted by molar-refractivity contribution is 0.0783. The van der Waals surface area contributed by atoms with Gasteiger partial charge in [0.2, 0.25) is 0 Å². The third-order valence-corrected chi connectivity index (χ3v) is 5.74. The second kappa shape index (κ2) is 7.56. The van der Waals surface area contributed by atoms with E-state index in [2.05, 4.69) is 31.8 Å². The molecular weight excluding hydrogens is 385 g/mol. The maximum atomic E-state index is 14.4. The Labute approximate surface area is 173 Å². The number of methoxy groups -OCH3 is 1. The Kier molecular flexibility index (Phi) is 4.74. The van der Waals surface area contributed by atoms with Crippen molar-refractivity contribution in [2.45, 2.75) is 25.5 Å². The van der Waals surface area contributed by atoms with E-state index in [0.717, 1.165) is 24.3 Å². The number of hydrogen-bond acceptors (Lipinski definition) is 8. The van der Waals surface area contributed by atoms with E-state index < -0.39 is 0 Å². The number of nitrogens with zero attached hydrogens (tertiary/aromatic N) is 7. The zero-order valence-corrected chi connectivity index (χ0v) is 16.9. The van der Waals surface area contributed by atoms with Gasteiger partial charge in [0.1, 0.15) is 17.5 Å². The molecule has 30 heavy (non-hydrogen) atoms. The van der Waals surface area contributed by atoms with Crippen molar-refractivity contribution >= 4 is 11.6 Å². The second-order valence-corrected chi connectivity index (χ2v) is 7.55. The van der Waals surface area contributed by atoms with Crippen LogP contribution >= 0.6 is 0 Å². The summed E-state index contributed by atoms with van der Waals surface area (Å²) in [6.45, 7) is 4.21. The summed E-state index contributed by atoms with van der Waals surface area (Å²) < 4.78 is 19.7. The van der Waals surface area contributed by atoms with Gasteiger partial charge < -0.3 is 14.5 Å². The van der Waals surface area contributed by atoms with E-state index in [-0.39, 0.29) is 18.0 Å². The van der Waals surface area contributed by atoms with Crippen molar-refractivity contribution < 1.29 is 9.13 Å². The highest BCUT2D eigenvalue weighted by molar-refractivity contribution is 5.54. The summed E-state index contributed by atoms with van der Waals surface area (Å²) in [5.74, 6) is 2.01. The van der Waals surface area contributed by atoms with Crippen LogP contribution in [0.5, 0.6) is 0 Å². The lowest BCUT2D eigenvalue weighted by Crippen LogP contribution is -2.52. The number of rotatable bonds is 4. The fourth-order valence-electron chi connectivity index (χ4n) is 3.95. The van der Waals surface area contributed by atoms with Crippen LogP contribution in [0.15, 0.2) is 36.8 Å². The first-order valence-corrected chi connectivity index (χ1v) is 9.97. The van der Waals surface area contributed by atoms with E-state index in [9.17, 15) is 4.39 Å². The Morgan fingerprint density at radius 3 is 2.57 bits per heavy atom. The molecule has 2 aliphatic heterocycles. The van der Waals surface area contributed by atoms with E-state index >= 15 is 0 Å². The van der Waals surface area contributed by atoms with E-state index in [1.807, 2.05) is 11.1 Å². The average molecular weight is 407 g/mol. The maximum Gasteiger partial charge on any atom is 0.197 e. The number of hydrogen-bond donors (Lipinski definition) is 0. The summed E-state index contributed by atoms with van der Waals surface area (Å²) >= 11 is 0. The van der Waals surface area contributed by atoms with Gasteiger partial charge in [0, 0.05) is 69.5 Å². The number of halogens is 1. The minimum absolute atomic E-state index is 0.0234. The molecule has 3 aromatic rings. The van der Waals surface area contributed by atoms with E-state index in [1.165, 1.54) is 12.1 Å². The van der Waals surface area contributed by atoms with E-state index in [1.54, 1.807) is 25.6 Å². The predicted octanol–water partition coefficient (Wildman–Crippen LogP) is 2.43. The Bertz CT molecular complexity index is 1060. The number of fused-ring (bicyclic) bond motifs is 1. The van der Waals surface area contributed by atoms with Crippen LogP contribution in [-0.4, -0.2) is 57.8 Å². The normalized spacial score (nSPS) is 18.8. The van der Waals surface area contributed by atoms with Gasteiger partial charge >= 0.3 is 0 Å².